The van der Waals surface area contributed by atoms with Crippen molar-refractivity contribution in [3.8, 4) is 0 Å². The summed E-state index contributed by atoms with van der Waals surface area (Å²) in [6.45, 7) is 6.44. The second-order valence-electron chi connectivity index (χ2n) is 4.67. The zero-order chi connectivity index (χ0) is 12.4. The number of benzene rings is 1. The molecule has 0 saturated heterocycles. The summed E-state index contributed by atoms with van der Waals surface area (Å²) in [6.07, 6.45) is 0.927. The van der Waals surface area contributed by atoms with Gasteiger partial charge in [-0.2, -0.15) is 0 Å². The molecule has 1 aromatic heterocycles. The lowest BCUT2D eigenvalue weighted by Crippen LogP contribution is -2.11. The predicted molar refractivity (Wildman–Crippen MR) is 68.7 cm³/mol. The number of hydrogen-bond acceptors (Lipinski definition) is 0. The van der Waals surface area contributed by atoms with E-state index in [0.29, 0.717) is 6.04 Å². The van der Waals surface area contributed by atoms with Crippen LogP contribution < -0.4 is 0 Å². The highest BCUT2D eigenvalue weighted by Gasteiger charge is 2.10. The van der Waals surface area contributed by atoms with Crippen LogP contribution in [0.5, 0.6) is 0 Å². The van der Waals surface area contributed by atoms with Crippen LogP contribution in [-0.4, -0.2) is 4.57 Å². The molecule has 0 fully saturated rings. The van der Waals surface area contributed by atoms with E-state index in [1.165, 1.54) is 29.1 Å². The van der Waals surface area contributed by atoms with Crippen LogP contribution in [0, 0.1) is 19.7 Å². The van der Waals surface area contributed by atoms with Crippen molar-refractivity contribution in [1.82, 2.24) is 4.57 Å². The Labute approximate surface area is 102 Å². The third-order valence-electron chi connectivity index (χ3n) is 3.21. The van der Waals surface area contributed by atoms with Gasteiger partial charge in [0.2, 0.25) is 0 Å². The highest BCUT2D eigenvalue weighted by atomic mass is 19.1. The molecule has 2 rings (SSSR count). The van der Waals surface area contributed by atoms with E-state index in [1.54, 1.807) is 0 Å². The molecular weight excluding hydrogens is 213 g/mol. The molecule has 0 aliphatic rings. The molecule has 1 aromatic carbocycles. The van der Waals surface area contributed by atoms with Crippen molar-refractivity contribution in [2.24, 2.45) is 0 Å². The number of aryl methyl sites for hydroxylation is 2. The van der Waals surface area contributed by atoms with Crippen molar-refractivity contribution in [3.63, 3.8) is 0 Å². The summed E-state index contributed by atoms with van der Waals surface area (Å²) in [5, 5.41) is 0. The summed E-state index contributed by atoms with van der Waals surface area (Å²) in [4.78, 5) is 0. The first kappa shape index (κ1) is 11.9. The Kier molecular flexibility index (Phi) is 3.32. The molecule has 0 radical (unpaired) electrons. The van der Waals surface area contributed by atoms with Crippen molar-refractivity contribution in [2.75, 3.05) is 0 Å². The molecule has 0 aliphatic carbocycles. The minimum Gasteiger partial charge on any atom is -0.346 e. The number of rotatable bonds is 3. The molecule has 1 atom stereocenters. The summed E-state index contributed by atoms with van der Waals surface area (Å²) in [6, 6.07) is 11.4. The molecule has 0 saturated carbocycles. The van der Waals surface area contributed by atoms with Gasteiger partial charge in [0, 0.05) is 17.4 Å². The van der Waals surface area contributed by atoms with Gasteiger partial charge in [-0.15, -0.1) is 0 Å². The Balaban J connectivity index is 2.17. The zero-order valence-electron chi connectivity index (χ0n) is 10.6. The SMILES string of the molecule is Cc1ccc(C)n1C(C)Cc1ccc(F)cc1. The van der Waals surface area contributed by atoms with Crippen LogP contribution in [0.15, 0.2) is 36.4 Å². The minimum atomic E-state index is -0.172. The standard InChI is InChI=1S/C15H18FN/c1-11-4-5-12(2)17(11)13(3)10-14-6-8-15(16)9-7-14/h4-9,13H,10H2,1-3H3. The third kappa shape index (κ3) is 2.57. The second-order valence-corrected chi connectivity index (χ2v) is 4.67. The summed E-state index contributed by atoms with van der Waals surface area (Å²) < 4.78 is 15.1. The normalized spacial score (nSPS) is 12.7. The number of halogens is 1. The van der Waals surface area contributed by atoms with Gasteiger partial charge >= 0.3 is 0 Å². The Morgan fingerprint density at radius 1 is 1.00 bits per heavy atom. The van der Waals surface area contributed by atoms with Crippen LogP contribution in [0.2, 0.25) is 0 Å². The van der Waals surface area contributed by atoms with Gasteiger partial charge in [-0.25, -0.2) is 4.39 Å². The number of nitrogens with zero attached hydrogens (tertiary/aromatic N) is 1. The van der Waals surface area contributed by atoms with Crippen molar-refractivity contribution in [1.29, 1.82) is 0 Å². The summed E-state index contributed by atoms with van der Waals surface area (Å²) in [7, 11) is 0. The summed E-state index contributed by atoms with van der Waals surface area (Å²) >= 11 is 0. The lowest BCUT2D eigenvalue weighted by atomic mass is 10.1. The molecule has 0 aliphatic heterocycles. The monoisotopic (exact) mass is 231 g/mol. The van der Waals surface area contributed by atoms with Crippen LogP contribution >= 0.6 is 0 Å². The van der Waals surface area contributed by atoms with Gasteiger partial charge in [-0.05, 0) is 57.0 Å². The number of aromatic nitrogens is 1. The van der Waals surface area contributed by atoms with E-state index < -0.39 is 0 Å². The number of hydrogen-bond donors (Lipinski definition) is 0. The van der Waals surface area contributed by atoms with E-state index in [-0.39, 0.29) is 5.82 Å². The topological polar surface area (TPSA) is 4.93 Å². The van der Waals surface area contributed by atoms with Crippen LogP contribution in [0.4, 0.5) is 4.39 Å². The Morgan fingerprint density at radius 3 is 2.06 bits per heavy atom. The molecule has 0 amide bonds. The fourth-order valence-electron chi connectivity index (χ4n) is 2.43. The van der Waals surface area contributed by atoms with E-state index in [0.717, 1.165) is 6.42 Å². The van der Waals surface area contributed by atoms with Crippen molar-refractivity contribution in [2.45, 2.75) is 33.2 Å². The largest absolute Gasteiger partial charge is 0.346 e. The van der Waals surface area contributed by atoms with Gasteiger partial charge in [-0.1, -0.05) is 12.1 Å². The van der Waals surface area contributed by atoms with Gasteiger partial charge in [0.15, 0.2) is 0 Å². The molecule has 17 heavy (non-hydrogen) atoms. The van der Waals surface area contributed by atoms with Crippen molar-refractivity contribution >= 4 is 0 Å². The first-order valence-electron chi connectivity index (χ1n) is 5.97. The minimum absolute atomic E-state index is 0.172. The first-order chi connectivity index (χ1) is 8.08. The van der Waals surface area contributed by atoms with E-state index >= 15 is 0 Å². The van der Waals surface area contributed by atoms with Crippen LogP contribution in [0.1, 0.15) is 29.9 Å². The molecule has 0 bridgehead atoms. The van der Waals surface area contributed by atoms with Crippen LogP contribution in [0.25, 0.3) is 0 Å². The molecular formula is C15H18FN. The molecule has 1 nitrogen and oxygen atoms in total. The van der Waals surface area contributed by atoms with Gasteiger partial charge < -0.3 is 4.57 Å². The summed E-state index contributed by atoms with van der Waals surface area (Å²) in [5.41, 5.74) is 3.72. The van der Waals surface area contributed by atoms with Gasteiger partial charge in [-0.3, -0.25) is 0 Å². The molecule has 2 aromatic rings. The molecule has 1 heterocycles. The lowest BCUT2D eigenvalue weighted by molar-refractivity contribution is 0.524. The van der Waals surface area contributed by atoms with Crippen LogP contribution in [0.3, 0.4) is 0 Å². The quantitative estimate of drug-likeness (QED) is 0.751. The van der Waals surface area contributed by atoms with Gasteiger partial charge in [0.1, 0.15) is 5.82 Å². The molecule has 0 spiro atoms. The molecule has 90 valence electrons. The van der Waals surface area contributed by atoms with Gasteiger partial charge in [0.25, 0.3) is 0 Å². The average molecular weight is 231 g/mol. The maximum Gasteiger partial charge on any atom is 0.123 e. The van der Waals surface area contributed by atoms with Crippen molar-refractivity contribution < 1.29 is 4.39 Å². The first-order valence-corrected chi connectivity index (χ1v) is 5.97. The fourth-order valence-corrected chi connectivity index (χ4v) is 2.43. The van der Waals surface area contributed by atoms with Crippen LogP contribution in [-0.2, 0) is 6.42 Å². The van der Waals surface area contributed by atoms with E-state index in [1.807, 2.05) is 12.1 Å². The van der Waals surface area contributed by atoms with Crippen molar-refractivity contribution in [3.05, 3.63) is 59.2 Å². The average Bonchev–Trinajstić information content (AvgIpc) is 2.62. The Morgan fingerprint density at radius 2 is 1.53 bits per heavy atom. The highest BCUT2D eigenvalue weighted by molar-refractivity contribution is 5.19. The third-order valence-corrected chi connectivity index (χ3v) is 3.21. The lowest BCUT2D eigenvalue weighted by Gasteiger charge is -2.18. The molecule has 2 heteroatoms. The molecule has 0 N–H and O–H groups in total. The maximum absolute atomic E-state index is 12.8. The predicted octanol–water partition coefficient (Wildman–Crippen LogP) is 4.05. The fraction of sp³-hybridized carbons (Fsp3) is 0.333. The summed E-state index contributed by atoms with van der Waals surface area (Å²) in [5.74, 6) is -0.172. The van der Waals surface area contributed by atoms with E-state index in [2.05, 4.69) is 37.5 Å². The highest BCUT2D eigenvalue weighted by Crippen LogP contribution is 2.19. The maximum atomic E-state index is 12.8. The Hall–Kier alpha value is -1.57. The zero-order valence-corrected chi connectivity index (χ0v) is 10.6. The molecule has 1 unspecified atom stereocenters. The second kappa shape index (κ2) is 4.74. The van der Waals surface area contributed by atoms with Gasteiger partial charge in [0.05, 0.1) is 0 Å². The van der Waals surface area contributed by atoms with E-state index in [9.17, 15) is 4.39 Å². The van der Waals surface area contributed by atoms with E-state index in [4.69, 9.17) is 0 Å². The Bertz CT molecular complexity index is 477. The smallest absolute Gasteiger partial charge is 0.123 e.